The van der Waals surface area contributed by atoms with Gasteiger partial charge in [-0.1, -0.05) is 13.3 Å². The van der Waals surface area contributed by atoms with E-state index in [9.17, 15) is 9.90 Å². The van der Waals surface area contributed by atoms with Crippen molar-refractivity contribution in [1.82, 2.24) is 4.90 Å². The second kappa shape index (κ2) is 5.47. The number of aliphatic hydroxyl groups excluding tert-OH is 1. The molecule has 15 heavy (non-hydrogen) atoms. The van der Waals surface area contributed by atoms with Gasteiger partial charge in [-0.2, -0.15) is 0 Å². The van der Waals surface area contributed by atoms with Crippen LogP contribution in [0.5, 0.6) is 0 Å². The number of amides is 1. The zero-order chi connectivity index (χ0) is 11.4. The van der Waals surface area contributed by atoms with Crippen LogP contribution in [-0.2, 0) is 4.79 Å². The Bertz CT molecular complexity index is 219. The molecule has 3 atom stereocenters. The molecule has 4 heteroatoms. The molecule has 1 rings (SSSR count). The summed E-state index contributed by atoms with van der Waals surface area (Å²) >= 11 is 0. The number of hydrogen-bond acceptors (Lipinski definition) is 3. The van der Waals surface area contributed by atoms with Crippen molar-refractivity contribution in [3.63, 3.8) is 0 Å². The average molecular weight is 214 g/mol. The molecule has 4 nitrogen and oxygen atoms in total. The molecular weight excluding hydrogens is 192 g/mol. The number of hydrogen-bond donors (Lipinski definition) is 2. The van der Waals surface area contributed by atoms with Gasteiger partial charge < -0.3 is 15.7 Å². The van der Waals surface area contributed by atoms with E-state index in [1.165, 1.54) is 0 Å². The summed E-state index contributed by atoms with van der Waals surface area (Å²) in [5, 5.41) is 9.42. The van der Waals surface area contributed by atoms with E-state index in [-0.39, 0.29) is 24.0 Å². The fourth-order valence-electron chi connectivity index (χ4n) is 2.05. The predicted molar refractivity (Wildman–Crippen MR) is 59.3 cm³/mol. The van der Waals surface area contributed by atoms with Crippen LogP contribution < -0.4 is 5.73 Å². The molecule has 1 amide bonds. The van der Waals surface area contributed by atoms with Crippen LogP contribution >= 0.6 is 0 Å². The quantitative estimate of drug-likeness (QED) is 0.709. The molecule has 0 spiro atoms. The van der Waals surface area contributed by atoms with Gasteiger partial charge in [-0.25, -0.2) is 0 Å². The van der Waals surface area contributed by atoms with E-state index in [0.717, 1.165) is 25.8 Å². The van der Waals surface area contributed by atoms with Crippen LogP contribution in [-0.4, -0.2) is 41.1 Å². The summed E-state index contributed by atoms with van der Waals surface area (Å²) in [5.74, 6) is 0.266. The number of aliphatic hydroxyl groups is 1. The lowest BCUT2D eigenvalue weighted by Crippen LogP contribution is -2.42. The monoisotopic (exact) mass is 214 g/mol. The molecule has 0 aliphatic carbocycles. The highest BCUT2D eigenvalue weighted by Crippen LogP contribution is 2.20. The van der Waals surface area contributed by atoms with Gasteiger partial charge in [0.15, 0.2) is 0 Å². The summed E-state index contributed by atoms with van der Waals surface area (Å²) in [6.07, 6.45) is 2.24. The van der Waals surface area contributed by atoms with E-state index in [0.29, 0.717) is 6.54 Å². The molecule has 88 valence electrons. The Morgan fingerprint density at radius 2 is 2.33 bits per heavy atom. The minimum Gasteiger partial charge on any atom is -0.393 e. The van der Waals surface area contributed by atoms with Gasteiger partial charge >= 0.3 is 0 Å². The van der Waals surface area contributed by atoms with Gasteiger partial charge in [0.25, 0.3) is 0 Å². The van der Waals surface area contributed by atoms with Crippen molar-refractivity contribution in [2.24, 2.45) is 11.7 Å². The Hall–Kier alpha value is -0.610. The molecule has 1 aliphatic heterocycles. The molecule has 0 aromatic carbocycles. The largest absolute Gasteiger partial charge is 0.393 e. The minimum atomic E-state index is -0.359. The first kappa shape index (κ1) is 12.5. The van der Waals surface area contributed by atoms with E-state index in [1.807, 2.05) is 6.92 Å². The summed E-state index contributed by atoms with van der Waals surface area (Å²) in [6, 6.07) is -0.359. The highest BCUT2D eigenvalue weighted by molar-refractivity contribution is 5.81. The number of carbonyl (C=O) groups excluding carboxylic acids is 1. The Morgan fingerprint density at radius 1 is 1.67 bits per heavy atom. The number of nitrogens with zero attached hydrogens (tertiary/aromatic N) is 1. The van der Waals surface area contributed by atoms with Crippen molar-refractivity contribution in [3.8, 4) is 0 Å². The van der Waals surface area contributed by atoms with E-state index in [1.54, 1.807) is 11.8 Å². The Kier molecular flexibility index (Phi) is 4.54. The number of rotatable bonds is 4. The van der Waals surface area contributed by atoms with E-state index < -0.39 is 0 Å². The summed E-state index contributed by atoms with van der Waals surface area (Å²) < 4.78 is 0. The molecule has 0 saturated carbocycles. The third kappa shape index (κ3) is 3.18. The number of likely N-dealkylation sites (tertiary alicyclic amines) is 1. The van der Waals surface area contributed by atoms with Gasteiger partial charge in [0.05, 0.1) is 12.1 Å². The number of nitrogens with two attached hydrogens (primary N) is 1. The standard InChI is InChI=1S/C11H22N2O2/c1-3-4-10(12)11(15)13-6-5-9(7-13)8(2)14/h8-10,14H,3-7,12H2,1-2H3/t8?,9?,10-/m1/s1. The zero-order valence-electron chi connectivity index (χ0n) is 9.65. The van der Waals surface area contributed by atoms with Gasteiger partial charge in [0, 0.05) is 19.0 Å². The maximum absolute atomic E-state index is 11.8. The highest BCUT2D eigenvalue weighted by atomic mass is 16.3. The topological polar surface area (TPSA) is 66.6 Å². The van der Waals surface area contributed by atoms with E-state index >= 15 is 0 Å². The molecule has 0 radical (unpaired) electrons. The Labute approximate surface area is 91.4 Å². The maximum atomic E-state index is 11.8. The Balaban J connectivity index is 2.42. The van der Waals surface area contributed by atoms with Crippen molar-refractivity contribution >= 4 is 5.91 Å². The third-order valence-corrected chi connectivity index (χ3v) is 3.14. The molecule has 1 heterocycles. The third-order valence-electron chi connectivity index (χ3n) is 3.14. The van der Waals surface area contributed by atoms with Gasteiger partial charge in [-0.15, -0.1) is 0 Å². The van der Waals surface area contributed by atoms with Crippen molar-refractivity contribution < 1.29 is 9.90 Å². The summed E-state index contributed by atoms with van der Waals surface area (Å²) in [7, 11) is 0. The molecule has 0 bridgehead atoms. The molecule has 1 saturated heterocycles. The molecule has 0 aromatic rings. The summed E-state index contributed by atoms with van der Waals surface area (Å²) in [4.78, 5) is 13.6. The molecule has 0 aromatic heterocycles. The normalized spacial score (nSPS) is 25.3. The van der Waals surface area contributed by atoms with Gasteiger partial charge in [0.1, 0.15) is 0 Å². The van der Waals surface area contributed by atoms with Crippen LogP contribution in [0.4, 0.5) is 0 Å². The second-order valence-corrected chi connectivity index (χ2v) is 4.47. The zero-order valence-corrected chi connectivity index (χ0v) is 9.65. The Morgan fingerprint density at radius 3 is 2.80 bits per heavy atom. The van der Waals surface area contributed by atoms with Gasteiger partial charge in [0.2, 0.25) is 5.91 Å². The van der Waals surface area contributed by atoms with Crippen molar-refractivity contribution in [2.45, 2.75) is 45.3 Å². The highest BCUT2D eigenvalue weighted by Gasteiger charge is 2.30. The number of carbonyl (C=O) groups is 1. The van der Waals surface area contributed by atoms with Gasteiger partial charge in [-0.3, -0.25) is 4.79 Å². The molecule has 1 fully saturated rings. The molecule has 1 aliphatic rings. The smallest absolute Gasteiger partial charge is 0.239 e. The first-order valence-electron chi connectivity index (χ1n) is 5.78. The maximum Gasteiger partial charge on any atom is 0.239 e. The lowest BCUT2D eigenvalue weighted by atomic mass is 10.0. The van der Waals surface area contributed by atoms with E-state index in [2.05, 4.69) is 0 Å². The van der Waals surface area contributed by atoms with Crippen molar-refractivity contribution in [1.29, 1.82) is 0 Å². The fraction of sp³-hybridized carbons (Fsp3) is 0.909. The average Bonchev–Trinajstić information content (AvgIpc) is 2.65. The lowest BCUT2D eigenvalue weighted by molar-refractivity contribution is -0.131. The van der Waals surface area contributed by atoms with Crippen LogP contribution in [0, 0.1) is 5.92 Å². The van der Waals surface area contributed by atoms with Crippen molar-refractivity contribution in [3.05, 3.63) is 0 Å². The molecular formula is C11H22N2O2. The second-order valence-electron chi connectivity index (χ2n) is 4.47. The summed E-state index contributed by atoms with van der Waals surface area (Å²) in [5.41, 5.74) is 5.78. The SMILES string of the molecule is CCC[C@@H](N)C(=O)N1CCC(C(C)O)C1. The fourth-order valence-corrected chi connectivity index (χ4v) is 2.05. The van der Waals surface area contributed by atoms with Crippen LogP contribution in [0.1, 0.15) is 33.1 Å². The lowest BCUT2D eigenvalue weighted by Gasteiger charge is -2.21. The molecule has 2 unspecified atom stereocenters. The predicted octanol–water partition coefficient (Wildman–Crippen LogP) is 0.343. The first-order valence-corrected chi connectivity index (χ1v) is 5.78. The molecule has 3 N–H and O–H groups in total. The first-order chi connectivity index (χ1) is 7.06. The minimum absolute atomic E-state index is 0.0417. The van der Waals surface area contributed by atoms with Crippen LogP contribution in [0.25, 0.3) is 0 Å². The van der Waals surface area contributed by atoms with Gasteiger partial charge in [-0.05, 0) is 19.8 Å². The summed E-state index contributed by atoms with van der Waals surface area (Å²) in [6.45, 7) is 5.21. The van der Waals surface area contributed by atoms with Crippen LogP contribution in [0.2, 0.25) is 0 Å². The van der Waals surface area contributed by atoms with Crippen LogP contribution in [0.3, 0.4) is 0 Å². The van der Waals surface area contributed by atoms with Crippen molar-refractivity contribution in [2.75, 3.05) is 13.1 Å². The van der Waals surface area contributed by atoms with Crippen LogP contribution in [0.15, 0.2) is 0 Å². The van der Waals surface area contributed by atoms with E-state index in [4.69, 9.17) is 5.73 Å².